The van der Waals surface area contributed by atoms with E-state index < -0.39 is 0 Å². The Morgan fingerprint density at radius 3 is 2.31 bits per heavy atom. The molecule has 1 nitrogen and oxygen atoms in total. The summed E-state index contributed by atoms with van der Waals surface area (Å²) in [6.45, 7) is 12.0. The van der Waals surface area contributed by atoms with E-state index in [1.54, 1.807) is 6.08 Å². The predicted octanol–water partition coefficient (Wildman–Crippen LogP) is 3.16. The Labute approximate surface area is 82.2 Å². The summed E-state index contributed by atoms with van der Waals surface area (Å²) in [5, 5.41) is 9.76. The van der Waals surface area contributed by atoms with Crippen LogP contribution in [-0.2, 0) is 0 Å². The molecule has 0 bridgehead atoms. The van der Waals surface area contributed by atoms with Gasteiger partial charge < -0.3 is 5.11 Å². The molecule has 0 aliphatic heterocycles. The van der Waals surface area contributed by atoms with Crippen molar-refractivity contribution in [2.24, 2.45) is 11.8 Å². The van der Waals surface area contributed by atoms with E-state index in [9.17, 15) is 5.11 Å². The van der Waals surface area contributed by atoms with Crippen LogP contribution in [0.4, 0.5) is 0 Å². The summed E-state index contributed by atoms with van der Waals surface area (Å²) in [5.74, 6) is 0.796. The van der Waals surface area contributed by atoms with Crippen LogP contribution in [0.1, 0.15) is 34.1 Å². The number of aliphatic hydroxyl groups is 1. The maximum Gasteiger partial charge on any atom is 0.0807 e. The smallest absolute Gasteiger partial charge is 0.0807 e. The molecule has 0 saturated carbocycles. The fraction of sp³-hybridized carbons (Fsp3) is 0.667. The van der Waals surface area contributed by atoms with Crippen molar-refractivity contribution in [1.82, 2.24) is 0 Å². The molecule has 0 aromatic heterocycles. The molecule has 0 heterocycles. The van der Waals surface area contributed by atoms with Crippen LogP contribution in [-0.4, -0.2) is 11.2 Å². The Bertz CT molecular complexity index is 180. The molecule has 0 rings (SSSR count). The average molecular weight is 182 g/mol. The van der Waals surface area contributed by atoms with Gasteiger partial charge in [-0.15, -0.1) is 6.58 Å². The first kappa shape index (κ1) is 12.4. The molecule has 1 N–H and O–H groups in total. The van der Waals surface area contributed by atoms with Gasteiger partial charge in [0.25, 0.3) is 0 Å². The van der Waals surface area contributed by atoms with Crippen LogP contribution in [0.15, 0.2) is 24.3 Å². The van der Waals surface area contributed by atoms with Gasteiger partial charge >= 0.3 is 0 Å². The third kappa shape index (κ3) is 4.89. The Kier molecular flexibility index (Phi) is 5.72. The Morgan fingerprint density at radius 2 is 1.92 bits per heavy atom. The summed E-state index contributed by atoms with van der Waals surface area (Å²) in [6, 6.07) is 0. The summed E-state index contributed by atoms with van der Waals surface area (Å²) >= 11 is 0. The lowest BCUT2D eigenvalue weighted by Gasteiger charge is -2.16. The van der Waals surface area contributed by atoms with Gasteiger partial charge in [0, 0.05) is 5.92 Å². The molecule has 0 saturated heterocycles. The fourth-order valence-corrected chi connectivity index (χ4v) is 1.09. The van der Waals surface area contributed by atoms with Gasteiger partial charge in [0.2, 0.25) is 0 Å². The van der Waals surface area contributed by atoms with Gasteiger partial charge in [0.05, 0.1) is 6.10 Å². The SMILES string of the molecule is C=C[C@@H](C)[C@@H](O)/C(C)=C/CC(C)C. The van der Waals surface area contributed by atoms with Crippen LogP contribution in [0.2, 0.25) is 0 Å². The average Bonchev–Trinajstić information content (AvgIpc) is 2.11. The molecule has 13 heavy (non-hydrogen) atoms. The molecule has 0 aromatic carbocycles. The minimum absolute atomic E-state index is 0.142. The fourth-order valence-electron chi connectivity index (χ4n) is 1.09. The normalized spacial score (nSPS) is 17.2. The van der Waals surface area contributed by atoms with Crippen LogP contribution in [0, 0.1) is 11.8 Å². The maximum atomic E-state index is 9.76. The van der Waals surface area contributed by atoms with Crippen molar-refractivity contribution in [3.8, 4) is 0 Å². The van der Waals surface area contributed by atoms with Gasteiger partial charge in [-0.3, -0.25) is 0 Å². The van der Waals surface area contributed by atoms with Crippen molar-refractivity contribution in [3.05, 3.63) is 24.3 Å². The molecule has 0 unspecified atom stereocenters. The van der Waals surface area contributed by atoms with Gasteiger partial charge in [-0.05, 0) is 24.8 Å². The lowest BCUT2D eigenvalue weighted by molar-refractivity contribution is 0.173. The van der Waals surface area contributed by atoms with E-state index in [0.29, 0.717) is 5.92 Å². The van der Waals surface area contributed by atoms with Gasteiger partial charge in [0.1, 0.15) is 0 Å². The lowest BCUT2D eigenvalue weighted by Crippen LogP contribution is -2.16. The summed E-state index contributed by atoms with van der Waals surface area (Å²) in [4.78, 5) is 0. The van der Waals surface area contributed by atoms with E-state index >= 15 is 0 Å². The number of rotatable bonds is 5. The second-order valence-corrected chi connectivity index (χ2v) is 4.12. The van der Waals surface area contributed by atoms with Crippen LogP contribution in [0.3, 0.4) is 0 Å². The van der Waals surface area contributed by atoms with E-state index in [0.717, 1.165) is 12.0 Å². The highest BCUT2D eigenvalue weighted by atomic mass is 16.3. The van der Waals surface area contributed by atoms with E-state index in [2.05, 4.69) is 26.5 Å². The minimum atomic E-state index is -0.365. The summed E-state index contributed by atoms with van der Waals surface area (Å²) in [5.41, 5.74) is 1.06. The van der Waals surface area contributed by atoms with Crippen molar-refractivity contribution in [2.45, 2.75) is 40.2 Å². The van der Waals surface area contributed by atoms with E-state index in [-0.39, 0.29) is 12.0 Å². The summed E-state index contributed by atoms with van der Waals surface area (Å²) in [7, 11) is 0. The molecule has 0 radical (unpaired) electrons. The first-order chi connectivity index (χ1) is 5.99. The van der Waals surface area contributed by atoms with E-state index in [1.165, 1.54) is 0 Å². The number of hydrogen-bond donors (Lipinski definition) is 1. The second-order valence-electron chi connectivity index (χ2n) is 4.12. The zero-order chi connectivity index (χ0) is 10.4. The second kappa shape index (κ2) is 5.98. The standard InChI is InChI=1S/C12H22O/c1-6-10(4)12(13)11(5)8-7-9(2)3/h6,8-10,12-13H,1,7H2,2-5H3/b11-8+/t10-,12-/m1/s1. The number of hydrogen-bond acceptors (Lipinski definition) is 1. The van der Waals surface area contributed by atoms with Crippen LogP contribution >= 0.6 is 0 Å². The summed E-state index contributed by atoms with van der Waals surface area (Å²) < 4.78 is 0. The topological polar surface area (TPSA) is 20.2 Å². The first-order valence-corrected chi connectivity index (χ1v) is 4.96. The van der Waals surface area contributed by atoms with E-state index in [1.807, 2.05) is 13.8 Å². The molecule has 76 valence electrons. The van der Waals surface area contributed by atoms with Crippen molar-refractivity contribution < 1.29 is 5.11 Å². The van der Waals surface area contributed by atoms with Crippen molar-refractivity contribution in [2.75, 3.05) is 0 Å². The highest BCUT2D eigenvalue weighted by Crippen LogP contribution is 2.14. The molecular weight excluding hydrogens is 160 g/mol. The molecule has 2 atom stereocenters. The van der Waals surface area contributed by atoms with Crippen molar-refractivity contribution >= 4 is 0 Å². The Balaban J connectivity index is 4.15. The molecule has 0 amide bonds. The largest absolute Gasteiger partial charge is 0.388 e. The van der Waals surface area contributed by atoms with Gasteiger partial charge in [0.15, 0.2) is 0 Å². The number of allylic oxidation sites excluding steroid dienone is 1. The van der Waals surface area contributed by atoms with Crippen molar-refractivity contribution in [3.63, 3.8) is 0 Å². The molecule has 0 fully saturated rings. The van der Waals surface area contributed by atoms with Crippen molar-refractivity contribution in [1.29, 1.82) is 0 Å². The van der Waals surface area contributed by atoms with Crippen LogP contribution in [0.25, 0.3) is 0 Å². The van der Waals surface area contributed by atoms with Gasteiger partial charge in [-0.2, -0.15) is 0 Å². The zero-order valence-corrected chi connectivity index (χ0v) is 9.25. The maximum absolute atomic E-state index is 9.76. The van der Waals surface area contributed by atoms with Gasteiger partial charge in [-0.25, -0.2) is 0 Å². The van der Waals surface area contributed by atoms with E-state index in [4.69, 9.17) is 0 Å². The molecule has 0 aliphatic carbocycles. The Hall–Kier alpha value is -0.560. The third-order valence-electron chi connectivity index (χ3n) is 2.25. The van der Waals surface area contributed by atoms with Gasteiger partial charge in [-0.1, -0.05) is 32.9 Å². The summed E-state index contributed by atoms with van der Waals surface area (Å²) in [6.07, 6.45) is 4.58. The first-order valence-electron chi connectivity index (χ1n) is 4.96. The number of aliphatic hydroxyl groups excluding tert-OH is 1. The highest BCUT2D eigenvalue weighted by Gasteiger charge is 2.11. The molecule has 0 aromatic rings. The quantitative estimate of drug-likeness (QED) is 0.647. The van der Waals surface area contributed by atoms with Crippen LogP contribution < -0.4 is 0 Å². The third-order valence-corrected chi connectivity index (χ3v) is 2.25. The lowest BCUT2D eigenvalue weighted by atomic mass is 9.96. The monoisotopic (exact) mass is 182 g/mol. The predicted molar refractivity (Wildman–Crippen MR) is 58.6 cm³/mol. The zero-order valence-electron chi connectivity index (χ0n) is 9.25. The molecule has 1 heteroatoms. The molecule has 0 spiro atoms. The molecule has 0 aliphatic rings. The Morgan fingerprint density at radius 1 is 1.38 bits per heavy atom. The molecular formula is C12H22O. The minimum Gasteiger partial charge on any atom is -0.388 e. The highest BCUT2D eigenvalue weighted by molar-refractivity contribution is 5.08. The van der Waals surface area contributed by atoms with Crippen LogP contribution in [0.5, 0.6) is 0 Å².